The van der Waals surface area contributed by atoms with Crippen LogP contribution in [0.1, 0.15) is 32.6 Å². The second kappa shape index (κ2) is 3.04. The van der Waals surface area contributed by atoms with Gasteiger partial charge in [-0.1, -0.05) is 19.8 Å². The quantitative estimate of drug-likeness (QED) is 0.618. The molecule has 2 heteroatoms. The second-order valence-electron chi connectivity index (χ2n) is 3.34. The van der Waals surface area contributed by atoms with E-state index < -0.39 is 0 Å². The molecule has 10 heavy (non-hydrogen) atoms. The van der Waals surface area contributed by atoms with Crippen molar-refractivity contribution in [3.63, 3.8) is 0 Å². The molecule has 0 unspecified atom stereocenters. The fourth-order valence-corrected chi connectivity index (χ4v) is 1.78. The van der Waals surface area contributed by atoms with E-state index in [1.54, 1.807) is 0 Å². The summed E-state index contributed by atoms with van der Waals surface area (Å²) in [6, 6.07) is 0. The number of hydrogen-bond donors (Lipinski definition) is 1. The lowest BCUT2D eigenvalue weighted by Gasteiger charge is -2.11. The Morgan fingerprint density at radius 3 is 2.70 bits per heavy atom. The summed E-state index contributed by atoms with van der Waals surface area (Å²) in [6.07, 6.45) is 4.35. The zero-order valence-corrected chi connectivity index (χ0v) is 6.47. The lowest BCUT2D eigenvalue weighted by atomic mass is 9.95. The molecule has 0 aliphatic heterocycles. The summed E-state index contributed by atoms with van der Waals surface area (Å²) in [7, 11) is 0. The molecule has 2 nitrogen and oxygen atoms in total. The van der Waals surface area contributed by atoms with Crippen LogP contribution in [0.3, 0.4) is 0 Å². The van der Waals surface area contributed by atoms with E-state index in [0.717, 1.165) is 0 Å². The van der Waals surface area contributed by atoms with E-state index in [4.69, 9.17) is 5.73 Å². The Balaban J connectivity index is 2.33. The molecule has 1 saturated carbocycles. The van der Waals surface area contributed by atoms with Gasteiger partial charge in [0.2, 0.25) is 5.91 Å². The predicted molar refractivity (Wildman–Crippen MR) is 40.3 cm³/mol. The van der Waals surface area contributed by atoms with Crippen molar-refractivity contribution in [2.75, 3.05) is 0 Å². The Morgan fingerprint density at radius 2 is 2.30 bits per heavy atom. The SMILES string of the molecule is C[C@@H]1CCC[C@@H]1CC(N)=O. The van der Waals surface area contributed by atoms with Gasteiger partial charge in [-0.3, -0.25) is 4.79 Å². The average Bonchev–Trinajstić information content (AvgIpc) is 2.15. The molecule has 0 radical (unpaired) electrons. The molecule has 1 rings (SSSR count). The largest absolute Gasteiger partial charge is 0.370 e. The predicted octanol–water partition coefficient (Wildman–Crippen LogP) is 1.30. The van der Waals surface area contributed by atoms with Gasteiger partial charge in [0.25, 0.3) is 0 Å². The lowest BCUT2D eigenvalue weighted by Crippen LogP contribution is -2.17. The van der Waals surface area contributed by atoms with Gasteiger partial charge in [0.15, 0.2) is 0 Å². The number of nitrogens with two attached hydrogens (primary N) is 1. The second-order valence-corrected chi connectivity index (χ2v) is 3.34. The maximum Gasteiger partial charge on any atom is 0.217 e. The van der Waals surface area contributed by atoms with Crippen LogP contribution in [0.15, 0.2) is 0 Å². The topological polar surface area (TPSA) is 43.1 Å². The first-order chi connectivity index (χ1) is 4.70. The van der Waals surface area contributed by atoms with Crippen molar-refractivity contribution < 1.29 is 4.79 Å². The molecule has 0 bridgehead atoms. The number of primary amides is 1. The first-order valence-electron chi connectivity index (χ1n) is 3.98. The number of carbonyl (C=O) groups is 1. The molecule has 0 saturated heterocycles. The van der Waals surface area contributed by atoms with Gasteiger partial charge in [0.1, 0.15) is 0 Å². The van der Waals surface area contributed by atoms with E-state index in [1.165, 1.54) is 19.3 Å². The molecular weight excluding hydrogens is 126 g/mol. The van der Waals surface area contributed by atoms with Crippen LogP contribution in [0, 0.1) is 11.8 Å². The van der Waals surface area contributed by atoms with E-state index in [2.05, 4.69) is 6.92 Å². The van der Waals surface area contributed by atoms with E-state index in [9.17, 15) is 4.79 Å². The van der Waals surface area contributed by atoms with Crippen LogP contribution in [-0.4, -0.2) is 5.91 Å². The summed E-state index contributed by atoms with van der Waals surface area (Å²) in [5, 5.41) is 0. The third kappa shape index (κ3) is 1.72. The molecule has 0 spiro atoms. The zero-order chi connectivity index (χ0) is 7.56. The van der Waals surface area contributed by atoms with Crippen LogP contribution in [0.25, 0.3) is 0 Å². The third-order valence-corrected chi connectivity index (χ3v) is 2.50. The molecule has 1 fully saturated rings. The summed E-state index contributed by atoms with van der Waals surface area (Å²) in [6.45, 7) is 2.21. The minimum Gasteiger partial charge on any atom is -0.370 e. The molecule has 1 aliphatic carbocycles. The maximum absolute atomic E-state index is 10.5. The molecule has 1 aliphatic rings. The highest BCUT2D eigenvalue weighted by Crippen LogP contribution is 2.33. The van der Waals surface area contributed by atoms with Gasteiger partial charge >= 0.3 is 0 Å². The fraction of sp³-hybridized carbons (Fsp3) is 0.875. The summed E-state index contributed by atoms with van der Waals surface area (Å²) in [5.41, 5.74) is 5.10. The van der Waals surface area contributed by atoms with Crippen LogP contribution in [0.2, 0.25) is 0 Å². The van der Waals surface area contributed by atoms with Crippen LogP contribution < -0.4 is 5.73 Å². The number of hydrogen-bond acceptors (Lipinski definition) is 1. The van der Waals surface area contributed by atoms with Gasteiger partial charge in [-0.25, -0.2) is 0 Å². The Kier molecular flexibility index (Phi) is 2.30. The van der Waals surface area contributed by atoms with Crippen molar-refractivity contribution in [3.8, 4) is 0 Å². The van der Waals surface area contributed by atoms with Crippen molar-refractivity contribution in [3.05, 3.63) is 0 Å². The smallest absolute Gasteiger partial charge is 0.217 e. The van der Waals surface area contributed by atoms with Gasteiger partial charge in [-0.05, 0) is 18.3 Å². The molecule has 2 N–H and O–H groups in total. The molecule has 0 aromatic carbocycles. The van der Waals surface area contributed by atoms with Crippen LogP contribution in [0.4, 0.5) is 0 Å². The van der Waals surface area contributed by atoms with Gasteiger partial charge in [-0.15, -0.1) is 0 Å². The highest BCUT2D eigenvalue weighted by molar-refractivity contribution is 5.74. The normalized spacial score (nSPS) is 32.5. The van der Waals surface area contributed by atoms with Gasteiger partial charge in [0.05, 0.1) is 0 Å². The van der Waals surface area contributed by atoms with Gasteiger partial charge in [0, 0.05) is 6.42 Å². The monoisotopic (exact) mass is 141 g/mol. The molecule has 58 valence electrons. The van der Waals surface area contributed by atoms with E-state index in [0.29, 0.717) is 18.3 Å². The Morgan fingerprint density at radius 1 is 1.60 bits per heavy atom. The number of carbonyl (C=O) groups excluding carboxylic acids is 1. The number of rotatable bonds is 2. The van der Waals surface area contributed by atoms with Crippen LogP contribution >= 0.6 is 0 Å². The van der Waals surface area contributed by atoms with Crippen molar-refractivity contribution in [1.82, 2.24) is 0 Å². The number of amides is 1. The summed E-state index contributed by atoms with van der Waals surface area (Å²) in [4.78, 5) is 10.5. The van der Waals surface area contributed by atoms with Crippen LogP contribution in [0.5, 0.6) is 0 Å². The Bertz CT molecular complexity index is 133. The first kappa shape index (κ1) is 7.58. The lowest BCUT2D eigenvalue weighted by molar-refractivity contribution is -0.119. The highest BCUT2D eigenvalue weighted by atomic mass is 16.1. The summed E-state index contributed by atoms with van der Waals surface area (Å²) < 4.78 is 0. The molecule has 0 aromatic heterocycles. The Hall–Kier alpha value is -0.530. The van der Waals surface area contributed by atoms with E-state index in [1.807, 2.05) is 0 Å². The van der Waals surface area contributed by atoms with E-state index in [-0.39, 0.29) is 5.91 Å². The van der Waals surface area contributed by atoms with Crippen molar-refractivity contribution >= 4 is 5.91 Å². The molecular formula is C8H15NO. The van der Waals surface area contributed by atoms with Gasteiger partial charge < -0.3 is 5.73 Å². The Labute approximate surface area is 61.8 Å². The summed E-state index contributed by atoms with van der Waals surface area (Å²) in [5.74, 6) is 1.16. The van der Waals surface area contributed by atoms with Crippen LogP contribution in [-0.2, 0) is 4.79 Å². The minimum atomic E-state index is -0.140. The zero-order valence-electron chi connectivity index (χ0n) is 6.47. The van der Waals surface area contributed by atoms with Crippen molar-refractivity contribution in [2.24, 2.45) is 17.6 Å². The highest BCUT2D eigenvalue weighted by Gasteiger charge is 2.24. The standard InChI is InChI=1S/C8H15NO/c1-6-3-2-4-7(6)5-8(9)10/h6-7H,2-5H2,1H3,(H2,9,10)/t6-,7-/m1/s1. The minimum absolute atomic E-state index is 0.140. The molecule has 0 aromatic rings. The maximum atomic E-state index is 10.5. The molecule has 0 heterocycles. The first-order valence-corrected chi connectivity index (χ1v) is 3.98. The van der Waals surface area contributed by atoms with Crippen molar-refractivity contribution in [1.29, 1.82) is 0 Å². The van der Waals surface area contributed by atoms with Gasteiger partial charge in [-0.2, -0.15) is 0 Å². The third-order valence-electron chi connectivity index (χ3n) is 2.50. The molecule has 1 amide bonds. The van der Waals surface area contributed by atoms with Crippen molar-refractivity contribution in [2.45, 2.75) is 32.6 Å². The summed E-state index contributed by atoms with van der Waals surface area (Å²) >= 11 is 0. The molecule has 2 atom stereocenters. The average molecular weight is 141 g/mol. The fourth-order valence-electron chi connectivity index (χ4n) is 1.78. The van der Waals surface area contributed by atoms with E-state index >= 15 is 0 Å².